The van der Waals surface area contributed by atoms with Crippen molar-refractivity contribution in [1.82, 2.24) is 15.3 Å². The number of hydrogen-bond acceptors (Lipinski definition) is 8. The van der Waals surface area contributed by atoms with Crippen LogP contribution in [0.1, 0.15) is 25.0 Å². The van der Waals surface area contributed by atoms with Crippen LogP contribution in [0, 0.1) is 0 Å². The van der Waals surface area contributed by atoms with E-state index in [4.69, 9.17) is 15.3 Å². The smallest absolute Gasteiger partial charge is 0.407 e. The first-order chi connectivity index (χ1) is 12.9. The highest BCUT2D eigenvalue weighted by Gasteiger charge is 2.41. The number of aromatic hydroxyl groups is 1. The molecule has 9 heteroatoms. The van der Waals surface area contributed by atoms with Crippen molar-refractivity contribution in [2.45, 2.75) is 25.4 Å². The second-order valence-corrected chi connectivity index (χ2v) is 6.98. The normalized spacial score (nSPS) is 21.2. The van der Waals surface area contributed by atoms with Gasteiger partial charge in [0, 0.05) is 22.1 Å². The highest BCUT2D eigenvalue weighted by atomic mass is 16.7. The third-order valence-electron chi connectivity index (χ3n) is 4.77. The van der Waals surface area contributed by atoms with E-state index in [9.17, 15) is 9.90 Å². The van der Waals surface area contributed by atoms with Crippen LogP contribution in [0.2, 0.25) is 0 Å². The predicted molar refractivity (Wildman–Crippen MR) is 97.3 cm³/mol. The minimum absolute atomic E-state index is 0.108. The van der Waals surface area contributed by atoms with Crippen LogP contribution in [0.3, 0.4) is 0 Å². The molecule has 2 aliphatic rings. The molecule has 0 bridgehead atoms. The van der Waals surface area contributed by atoms with Crippen molar-refractivity contribution in [2.24, 2.45) is 5.16 Å². The molecule has 1 amide bonds. The highest BCUT2D eigenvalue weighted by molar-refractivity contribution is 6.15. The third-order valence-corrected chi connectivity index (χ3v) is 4.77. The number of nitrogens with one attached hydrogen (secondary N) is 1. The number of benzene rings is 1. The molecule has 1 aliphatic heterocycles. The number of nitrogen functional groups attached to an aromatic ring is 1. The number of oxime groups is 1. The van der Waals surface area contributed by atoms with Gasteiger partial charge in [-0.15, -0.1) is 0 Å². The summed E-state index contributed by atoms with van der Waals surface area (Å²) in [4.78, 5) is 25.1. The van der Waals surface area contributed by atoms with Gasteiger partial charge in [-0.2, -0.15) is 0 Å². The molecule has 1 aromatic heterocycles. The van der Waals surface area contributed by atoms with Crippen molar-refractivity contribution in [3.8, 4) is 17.0 Å². The van der Waals surface area contributed by atoms with Crippen molar-refractivity contribution in [1.29, 1.82) is 0 Å². The van der Waals surface area contributed by atoms with E-state index in [1.54, 1.807) is 18.2 Å². The number of nitrogens with zero attached hydrogens (tertiary/aromatic N) is 3. The summed E-state index contributed by atoms with van der Waals surface area (Å²) in [5.74, 6) is 0.474. The van der Waals surface area contributed by atoms with E-state index in [2.05, 4.69) is 20.4 Å². The van der Waals surface area contributed by atoms with Crippen molar-refractivity contribution >= 4 is 17.6 Å². The minimum Gasteiger partial charge on any atom is -0.508 e. The molecule has 1 atom stereocenters. The average Bonchev–Trinajstić information content (AvgIpc) is 3.02. The summed E-state index contributed by atoms with van der Waals surface area (Å²) >= 11 is 0. The Morgan fingerprint density at radius 1 is 1.41 bits per heavy atom. The highest BCUT2D eigenvalue weighted by Crippen LogP contribution is 2.45. The molecule has 1 aliphatic carbocycles. The van der Waals surface area contributed by atoms with Crippen LogP contribution >= 0.6 is 0 Å². The van der Waals surface area contributed by atoms with Gasteiger partial charge in [0.15, 0.2) is 12.7 Å². The van der Waals surface area contributed by atoms with Crippen LogP contribution in [-0.4, -0.2) is 46.1 Å². The maximum atomic E-state index is 11.1. The van der Waals surface area contributed by atoms with Crippen LogP contribution in [0.15, 0.2) is 29.7 Å². The molecule has 2 aromatic rings. The summed E-state index contributed by atoms with van der Waals surface area (Å²) in [6.45, 7) is 4.37. The summed E-state index contributed by atoms with van der Waals surface area (Å²) < 4.78 is 5.04. The van der Waals surface area contributed by atoms with Gasteiger partial charge in [-0.25, -0.2) is 14.8 Å². The molecule has 0 unspecified atom stereocenters. The molecule has 1 fully saturated rings. The fraction of sp³-hybridized carbons (Fsp3) is 0.333. The van der Waals surface area contributed by atoms with Gasteiger partial charge in [-0.3, -0.25) is 0 Å². The first-order valence-electron chi connectivity index (χ1n) is 8.47. The van der Waals surface area contributed by atoms with Gasteiger partial charge in [-0.1, -0.05) is 5.16 Å². The van der Waals surface area contributed by atoms with Crippen molar-refractivity contribution in [3.63, 3.8) is 0 Å². The lowest BCUT2D eigenvalue weighted by molar-refractivity contribution is 0.0487. The number of phenolic OH excluding ortho intramolecular Hbond substituents is 1. The zero-order valence-electron chi connectivity index (χ0n) is 14.9. The molecule has 1 saturated heterocycles. The molecule has 140 valence electrons. The first-order valence-corrected chi connectivity index (χ1v) is 8.47. The molecule has 4 rings (SSSR count). The van der Waals surface area contributed by atoms with Gasteiger partial charge in [0.1, 0.15) is 17.9 Å². The molecular weight excluding hydrogens is 350 g/mol. The first kappa shape index (κ1) is 17.1. The van der Waals surface area contributed by atoms with Crippen LogP contribution in [0.25, 0.3) is 11.3 Å². The van der Waals surface area contributed by atoms with Gasteiger partial charge in [0.25, 0.3) is 0 Å². The molecule has 1 aromatic carbocycles. The molecule has 0 radical (unpaired) electrons. The van der Waals surface area contributed by atoms with E-state index in [-0.39, 0.29) is 12.4 Å². The molecule has 9 nitrogen and oxygen atoms in total. The van der Waals surface area contributed by atoms with Gasteiger partial charge in [0.05, 0.1) is 18.0 Å². The fourth-order valence-electron chi connectivity index (χ4n) is 3.48. The minimum atomic E-state index is -0.661. The fourth-order valence-corrected chi connectivity index (χ4v) is 3.48. The van der Waals surface area contributed by atoms with E-state index in [1.807, 2.05) is 13.8 Å². The zero-order valence-corrected chi connectivity index (χ0v) is 14.9. The Morgan fingerprint density at radius 2 is 2.22 bits per heavy atom. The van der Waals surface area contributed by atoms with E-state index in [0.717, 1.165) is 11.1 Å². The van der Waals surface area contributed by atoms with Crippen molar-refractivity contribution in [2.75, 3.05) is 18.9 Å². The maximum absolute atomic E-state index is 11.1. The number of carbonyl (C=O) groups excluding carboxylic acids is 1. The molecule has 27 heavy (non-hydrogen) atoms. The Morgan fingerprint density at radius 3 is 2.96 bits per heavy atom. The SMILES string of the molecule is CC1(C)/C(=N/OC[C@@H]2CNC(=O)O2)c2cc(O)ccc2-c2ncnc(N)c21. The lowest BCUT2D eigenvalue weighted by atomic mass is 9.70. The van der Waals surface area contributed by atoms with Crippen molar-refractivity contribution in [3.05, 3.63) is 35.7 Å². The van der Waals surface area contributed by atoms with E-state index in [1.165, 1.54) is 6.33 Å². The number of amides is 1. The second-order valence-electron chi connectivity index (χ2n) is 6.98. The Bertz CT molecular complexity index is 957. The van der Waals surface area contributed by atoms with Crippen LogP contribution in [0.4, 0.5) is 10.6 Å². The van der Waals surface area contributed by atoms with Gasteiger partial charge < -0.3 is 25.7 Å². The van der Waals surface area contributed by atoms with Crippen LogP contribution in [0.5, 0.6) is 5.75 Å². The number of carbonyl (C=O) groups is 1. The van der Waals surface area contributed by atoms with Gasteiger partial charge in [0.2, 0.25) is 0 Å². The number of aromatic nitrogens is 2. The van der Waals surface area contributed by atoms with Crippen LogP contribution < -0.4 is 11.1 Å². The Balaban J connectivity index is 1.77. The third kappa shape index (κ3) is 2.80. The molecule has 4 N–H and O–H groups in total. The Kier molecular flexibility index (Phi) is 3.87. The number of ether oxygens (including phenoxy) is 1. The van der Waals surface area contributed by atoms with Crippen molar-refractivity contribution < 1.29 is 19.5 Å². The zero-order chi connectivity index (χ0) is 19.2. The Hall–Kier alpha value is -3.36. The van der Waals surface area contributed by atoms with E-state index in [0.29, 0.717) is 29.3 Å². The molecule has 0 saturated carbocycles. The van der Waals surface area contributed by atoms with Gasteiger partial charge in [-0.05, 0) is 32.0 Å². The molecular formula is C18H19N5O4. The lowest BCUT2D eigenvalue weighted by Gasteiger charge is -2.34. The quantitative estimate of drug-likeness (QED) is 0.699. The molecule has 2 heterocycles. The number of phenols is 1. The summed E-state index contributed by atoms with van der Waals surface area (Å²) in [6, 6.07) is 4.97. The van der Waals surface area contributed by atoms with Gasteiger partial charge >= 0.3 is 6.09 Å². The number of alkyl carbamates (subject to hydrolysis) is 1. The summed E-state index contributed by atoms with van der Waals surface area (Å²) in [6.07, 6.45) is 0.544. The second kappa shape index (κ2) is 6.11. The average molecular weight is 369 g/mol. The number of anilines is 1. The summed E-state index contributed by atoms with van der Waals surface area (Å²) in [5.41, 5.74) is 9.01. The van der Waals surface area contributed by atoms with E-state index >= 15 is 0 Å². The number of fused-ring (bicyclic) bond motifs is 3. The number of nitrogens with two attached hydrogens (primary N) is 1. The van der Waals surface area contributed by atoms with Crippen LogP contribution in [-0.2, 0) is 15.0 Å². The Labute approximate surface area is 155 Å². The summed E-state index contributed by atoms with van der Waals surface area (Å²) in [7, 11) is 0. The predicted octanol–water partition coefficient (Wildman–Crippen LogP) is 1.55. The number of rotatable bonds is 3. The largest absolute Gasteiger partial charge is 0.508 e. The topological polar surface area (TPSA) is 132 Å². The summed E-state index contributed by atoms with van der Waals surface area (Å²) in [5, 5.41) is 16.9. The van der Waals surface area contributed by atoms with E-state index < -0.39 is 17.6 Å². The lowest BCUT2D eigenvalue weighted by Crippen LogP contribution is -2.36. The number of cyclic esters (lactones) is 1. The monoisotopic (exact) mass is 369 g/mol. The maximum Gasteiger partial charge on any atom is 0.407 e. The molecule has 0 spiro atoms. The number of hydrogen-bond donors (Lipinski definition) is 3. The standard InChI is InChI=1S/C18H19N5O4/c1-18(2)13-14(21-8-22-16(13)19)11-4-3-9(24)5-12(11)15(18)23-26-7-10-6-20-17(25)27-10/h3-5,8,10,24H,6-7H2,1-2H3,(H,20,25)(H2,19,21,22)/b23-15+/t10-/m0/s1.